The average molecular weight is 1210 g/mol. The van der Waals surface area contributed by atoms with Gasteiger partial charge in [-0.2, -0.15) is 26.3 Å². The monoisotopic (exact) mass is 1210 g/mol. The molecule has 4 aliphatic rings. The highest BCUT2D eigenvalue weighted by molar-refractivity contribution is 5.89. The highest BCUT2D eigenvalue weighted by atomic mass is 19.4. The molecule has 8 atom stereocenters. The third-order valence-electron chi connectivity index (χ3n) is 18.9. The van der Waals surface area contributed by atoms with Crippen molar-refractivity contribution in [2.24, 2.45) is 23.7 Å². The number of carbonyl (C=O) groups excluding carboxylic acids is 4. The molecule has 6 aromatic rings. The third-order valence-corrected chi connectivity index (χ3v) is 18.9. The first-order valence-corrected chi connectivity index (χ1v) is 31.0. The lowest BCUT2D eigenvalue weighted by molar-refractivity contribution is -0.244. The number of alkyl halides is 6. The molecule has 468 valence electrons. The first-order chi connectivity index (χ1) is 41.0. The van der Waals surface area contributed by atoms with Crippen molar-refractivity contribution in [3.63, 3.8) is 0 Å². The summed E-state index contributed by atoms with van der Waals surface area (Å²) in [4.78, 5) is 76.5. The lowest BCUT2D eigenvalue weighted by Gasteiger charge is -2.37. The Labute approximate surface area is 504 Å². The smallest absolute Gasteiger partial charge is 0.427 e. The van der Waals surface area contributed by atoms with Crippen molar-refractivity contribution in [2.75, 3.05) is 0 Å². The molecule has 2 aliphatic carbocycles. The Morgan fingerprint density at radius 3 is 1.46 bits per heavy atom. The van der Waals surface area contributed by atoms with Crippen molar-refractivity contribution in [1.82, 2.24) is 40.4 Å². The van der Waals surface area contributed by atoms with Gasteiger partial charge in [0.05, 0.1) is 34.2 Å². The van der Waals surface area contributed by atoms with Gasteiger partial charge in [0, 0.05) is 12.1 Å². The normalized spacial score (nSPS) is 21.7. The van der Waals surface area contributed by atoms with Gasteiger partial charge in [0.25, 0.3) is 0 Å². The minimum atomic E-state index is -4.81. The number of nitrogens with one attached hydrogen (secondary N) is 4. The van der Waals surface area contributed by atoms with Crippen LogP contribution >= 0.6 is 0 Å². The number of hydrogen-bond acceptors (Lipinski definition) is 8. The van der Waals surface area contributed by atoms with E-state index in [9.17, 15) is 45.5 Å². The van der Waals surface area contributed by atoms with Crippen molar-refractivity contribution < 1.29 is 55.0 Å². The lowest BCUT2D eigenvalue weighted by atomic mass is 9.84. The van der Waals surface area contributed by atoms with Gasteiger partial charge in [0.15, 0.2) is 0 Å². The van der Waals surface area contributed by atoms with Gasteiger partial charge in [0.1, 0.15) is 23.7 Å². The number of likely N-dealkylation sites (tertiary alicyclic amines) is 2. The van der Waals surface area contributed by atoms with Crippen LogP contribution < -0.4 is 10.6 Å². The Bertz CT molecular complexity index is 3530. The number of aryl methyl sites for hydroxylation is 4. The number of nitrogens with zero attached hydrogens (tertiary/aromatic N) is 4. The van der Waals surface area contributed by atoms with E-state index in [2.05, 4.69) is 95.1 Å². The van der Waals surface area contributed by atoms with Gasteiger partial charge in [-0.05, 0) is 179 Å². The summed E-state index contributed by atoms with van der Waals surface area (Å²) in [7, 11) is 0. The molecule has 0 spiro atoms. The minimum absolute atomic E-state index is 0.115. The molecule has 4 amide bonds. The van der Waals surface area contributed by atoms with E-state index in [1.165, 1.54) is 5.56 Å². The Morgan fingerprint density at radius 1 is 0.586 bits per heavy atom. The Morgan fingerprint density at radius 2 is 1.02 bits per heavy atom. The molecule has 4 fully saturated rings. The molecule has 0 bridgehead atoms. The standard InChI is InChI=1S/C67H82F6N8O6/c1-11-40-24-21-39(31-47(40)43-27-29-49-51(33-43)77-59(75-49)55-35-45-17-13-15-19-53(45)81(55)61(83)57(37(4)5)79-63(85)87-65(9,10)67(71,72)73)22-25-41-23-20-38(6)30-46(41)42-26-28-48-50(32-42)76-58(74-48)54-34-44-16-12-14-18-52(44)80(54)60(82)56(36(2)3)78-62(84)86-64(7,8)66(68,69)70/h20-21,23-24,26-33,36-37,44-45,52-57H,11-19,22,25,34-35H2,1-10H3,(H,74,76)(H,75,77)(H,78,84)(H,79,85)/t44-,45-,52-,53-,54-,55-,56-,57-/m0/s1. The lowest BCUT2D eigenvalue weighted by Crippen LogP contribution is -2.55. The Hall–Kier alpha value is -7.12. The number of amides is 4. The molecule has 14 nitrogen and oxygen atoms in total. The zero-order chi connectivity index (χ0) is 62.7. The van der Waals surface area contributed by atoms with Crippen LogP contribution in [0.4, 0.5) is 35.9 Å². The molecule has 0 radical (unpaired) electrons. The largest absolute Gasteiger partial charge is 0.434 e. The van der Waals surface area contributed by atoms with Crippen LogP contribution in [-0.4, -0.2) is 101 Å². The number of carbonyl (C=O) groups is 4. The summed E-state index contributed by atoms with van der Waals surface area (Å²) < 4.78 is 92.0. The van der Waals surface area contributed by atoms with Gasteiger partial charge in [-0.1, -0.05) is 114 Å². The fraction of sp³-hybridized carbons (Fsp3) is 0.552. The second kappa shape index (κ2) is 24.5. The highest BCUT2D eigenvalue weighted by Gasteiger charge is 2.54. The van der Waals surface area contributed by atoms with Crippen LogP contribution in [0.15, 0.2) is 72.8 Å². The molecule has 2 aromatic heterocycles. The second-order valence-corrected chi connectivity index (χ2v) is 26.5. The van der Waals surface area contributed by atoms with Crippen LogP contribution in [0.2, 0.25) is 0 Å². The molecule has 2 aliphatic heterocycles. The summed E-state index contributed by atoms with van der Waals surface area (Å²) in [6, 6.07) is 22.1. The average Bonchev–Trinajstić information content (AvgIpc) is 2.27. The van der Waals surface area contributed by atoms with Crippen LogP contribution in [-0.2, 0) is 38.3 Å². The number of rotatable bonds is 16. The van der Waals surface area contributed by atoms with E-state index in [0.717, 1.165) is 159 Å². The van der Waals surface area contributed by atoms with E-state index in [4.69, 9.17) is 19.4 Å². The Balaban J connectivity index is 0.875. The minimum Gasteiger partial charge on any atom is -0.434 e. The number of aromatic amines is 2. The summed E-state index contributed by atoms with van der Waals surface area (Å²) >= 11 is 0. The quantitative estimate of drug-likeness (QED) is 0.0693. The van der Waals surface area contributed by atoms with Gasteiger partial charge in [-0.25, -0.2) is 19.6 Å². The number of aromatic nitrogens is 4. The van der Waals surface area contributed by atoms with E-state index in [-0.39, 0.29) is 35.7 Å². The second-order valence-electron chi connectivity index (χ2n) is 26.5. The van der Waals surface area contributed by atoms with Crippen molar-refractivity contribution in [3.05, 3.63) is 107 Å². The summed E-state index contributed by atoms with van der Waals surface area (Å²) in [5.74, 6) is -0.00840. The maximum absolute atomic E-state index is 14.7. The fourth-order valence-corrected chi connectivity index (χ4v) is 13.8. The molecule has 4 N–H and O–H groups in total. The molecule has 87 heavy (non-hydrogen) atoms. The zero-order valence-electron chi connectivity index (χ0n) is 51.4. The van der Waals surface area contributed by atoms with E-state index >= 15 is 0 Å². The molecule has 4 heterocycles. The maximum Gasteiger partial charge on any atom is 0.427 e. The van der Waals surface area contributed by atoms with Crippen molar-refractivity contribution >= 4 is 46.1 Å². The van der Waals surface area contributed by atoms with Gasteiger partial charge in [0.2, 0.25) is 23.0 Å². The van der Waals surface area contributed by atoms with Crippen LogP contribution in [0.3, 0.4) is 0 Å². The molecule has 2 saturated heterocycles. The summed E-state index contributed by atoms with van der Waals surface area (Å²) in [5, 5.41) is 5.00. The van der Waals surface area contributed by atoms with Crippen LogP contribution in [0.25, 0.3) is 44.3 Å². The van der Waals surface area contributed by atoms with E-state index in [0.29, 0.717) is 24.5 Å². The fourth-order valence-electron chi connectivity index (χ4n) is 13.8. The molecule has 4 aromatic carbocycles. The SMILES string of the molecule is CCc1ccc(CCc2ccc(C)cc2-c2ccc3nc([C@@H]4C[C@@H]5CCCC[C@@H]5N4C(=O)[C@@H](NC(=O)OC(C)(C)C(F)(F)F)C(C)C)[nH]c3c2)cc1-c1ccc2nc([C@@H]3C[C@@H]4CCCC[C@@H]4N3C(=O)[C@@H](NC(=O)OC(C)(C)C(F)(F)F)C(C)C)[nH]c2c1. The number of halogens is 6. The molecule has 2 saturated carbocycles. The highest BCUT2D eigenvalue weighted by Crippen LogP contribution is 2.49. The predicted octanol–water partition coefficient (Wildman–Crippen LogP) is 15.3. The third kappa shape index (κ3) is 12.9. The topological polar surface area (TPSA) is 175 Å². The number of ether oxygens (including phenoxy) is 2. The van der Waals surface area contributed by atoms with Crippen LogP contribution in [0, 0.1) is 30.6 Å². The van der Waals surface area contributed by atoms with Crippen molar-refractivity contribution in [1.29, 1.82) is 0 Å². The van der Waals surface area contributed by atoms with Gasteiger partial charge in [-0.3, -0.25) is 9.59 Å². The first-order valence-electron chi connectivity index (χ1n) is 31.0. The van der Waals surface area contributed by atoms with Crippen molar-refractivity contribution in [2.45, 2.75) is 213 Å². The van der Waals surface area contributed by atoms with Gasteiger partial charge < -0.3 is 39.9 Å². The van der Waals surface area contributed by atoms with E-state index in [1.807, 2.05) is 21.9 Å². The maximum atomic E-state index is 14.7. The van der Waals surface area contributed by atoms with E-state index < -0.39 is 71.7 Å². The number of benzene rings is 4. The predicted molar refractivity (Wildman–Crippen MR) is 321 cm³/mol. The Kier molecular flexibility index (Phi) is 17.7. The van der Waals surface area contributed by atoms with Crippen LogP contribution in [0.5, 0.6) is 0 Å². The summed E-state index contributed by atoms with van der Waals surface area (Å²) in [5.41, 5.74) is 6.32. The first kappa shape index (κ1) is 62.9. The zero-order valence-corrected chi connectivity index (χ0v) is 51.4. The summed E-state index contributed by atoms with van der Waals surface area (Å²) in [6.07, 6.45) is -1.31. The number of H-pyrrole nitrogens is 2. The van der Waals surface area contributed by atoms with Crippen molar-refractivity contribution in [3.8, 4) is 22.3 Å². The summed E-state index contributed by atoms with van der Waals surface area (Å²) in [6.45, 7) is 14.3. The molecular weight excluding hydrogens is 1130 g/mol. The van der Waals surface area contributed by atoms with E-state index in [1.54, 1.807) is 27.7 Å². The molecule has 20 heteroatoms. The number of alkyl carbamates (subject to hydrolysis) is 2. The van der Waals surface area contributed by atoms with Gasteiger partial charge in [-0.15, -0.1) is 0 Å². The molecular formula is C67H82F6N8O6. The molecule has 0 unspecified atom stereocenters. The number of hydrogen-bond donors (Lipinski definition) is 4. The number of fused-ring (bicyclic) bond motifs is 4. The number of imidazole rings is 2. The van der Waals surface area contributed by atoms with Crippen LogP contribution in [0.1, 0.15) is 173 Å². The molecule has 10 rings (SSSR count). The van der Waals surface area contributed by atoms with Gasteiger partial charge >= 0.3 is 24.5 Å².